The number of aromatic carboxylic acids is 1. The van der Waals surface area contributed by atoms with Gasteiger partial charge in [-0.3, -0.25) is 4.79 Å². The highest BCUT2D eigenvalue weighted by Crippen LogP contribution is 2.21. The fourth-order valence-electron chi connectivity index (χ4n) is 1.000. The lowest BCUT2D eigenvalue weighted by Gasteiger charge is -2.07. The molecular formula is C9H10N2O4. The van der Waals surface area contributed by atoms with Crippen molar-refractivity contribution in [1.29, 1.82) is 0 Å². The van der Waals surface area contributed by atoms with Crippen molar-refractivity contribution >= 4 is 17.6 Å². The number of carbonyl (C=O) groups excluding carboxylic acids is 1. The van der Waals surface area contributed by atoms with E-state index in [1.165, 1.54) is 26.2 Å². The molecule has 1 aromatic rings. The zero-order chi connectivity index (χ0) is 11.4. The Balaban J connectivity index is 3.08. The lowest BCUT2D eigenvalue weighted by atomic mass is 10.3. The predicted molar refractivity (Wildman–Crippen MR) is 52.1 cm³/mol. The van der Waals surface area contributed by atoms with E-state index in [-0.39, 0.29) is 17.5 Å². The molecule has 0 bridgehead atoms. The van der Waals surface area contributed by atoms with Crippen molar-refractivity contribution < 1.29 is 19.4 Å². The highest BCUT2D eigenvalue weighted by atomic mass is 16.5. The van der Waals surface area contributed by atoms with Crippen LogP contribution in [-0.2, 0) is 4.79 Å². The second kappa shape index (κ2) is 4.41. The monoisotopic (exact) mass is 210 g/mol. The smallest absolute Gasteiger partial charge is 0.354 e. The summed E-state index contributed by atoms with van der Waals surface area (Å²) in [6.07, 6.45) is 0. The third-order valence-electron chi connectivity index (χ3n) is 1.58. The zero-order valence-corrected chi connectivity index (χ0v) is 8.27. The van der Waals surface area contributed by atoms with Gasteiger partial charge in [-0.2, -0.15) is 0 Å². The number of carbonyl (C=O) groups is 2. The van der Waals surface area contributed by atoms with Crippen LogP contribution in [0.25, 0.3) is 0 Å². The summed E-state index contributed by atoms with van der Waals surface area (Å²) in [5, 5.41) is 11.1. The summed E-state index contributed by atoms with van der Waals surface area (Å²) in [5.74, 6) is -1.36. The van der Waals surface area contributed by atoms with Gasteiger partial charge < -0.3 is 15.2 Å². The highest BCUT2D eigenvalue weighted by Gasteiger charge is 2.11. The highest BCUT2D eigenvalue weighted by molar-refractivity contribution is 5.91. The van der Waals surface area contributed by atoms with Gasteiger partial charge in [0.15, 0.2) is 5.69 Å². The molecule has 1 aromatic heterocycles. The van der Waals surface area contributed by atoms with Gasteiger partial charge >= 0.3 is 5.97 Å². The van der Waals surface area contributed by atoms with Gasteiger partial charge in [0.1, 0.15) is 5.69 Å². The first-order valence-corrected chi connectivity index (χ1v) is 4.10. The van der Waals surface area contributed by atoms with Crippen LogP contribution in [0.15, 0.2) is 12.1 Å². The van der Waals surface area contributed by atoms with Gasteiger partial charge in [-0.25, -0.2) is 9.78 Å². The molecule has 0 aliphatic carbocycles. The quantitative estimate of drug-likeness (QED) is 0.768. The van der Waals surface area contributed by atoms with Gasteiger partial charge in [0.05, 0.1) is 7.11 Å². The Kier molecular flexibility index (Phi) is 3.22. The number of hydrogen-bond acceptors (Lipinski definition) is 4. The number of nitrogens with zero attached hydrogens (tertiary/aromatic N) is 1. The first-order chi connectivity index (χ1) is 7.04. The third-order valence-corrected chi connectivity index (χ3v) is 1.58. The van der Waals surface area contributed by atoms with E-state index in [0.29, 0.717) is 5.69 Å². The molecule has 6 heteroatoms. The van der Waals surface area contributed by atoms with E-state index in [0.717, 1.165) is 0 Å². The average molecular weight is 210 g/mol. The molecular weight excluding hydrogens is 200 g/mol. The van der Waals surface area contributed by atoms with Gasteiger partial charge in [-0.1, -0.05) is 0 Å². The minimum absolute atomic E-state index is 0.0742. The fourth-order valence-corrected chi connectivity index (χ4v) is 1.000. The summed E-state index contributed by atoms with van der Waals surface area (Å²) in [7, 11) is 1.35. The molecule has 0 atom stereocenters. The molecule has 0 aliphatic heterocycles. The van der Waals surface area contributed by atoms with Crippen molar-refractivity contribution in [2.75, 3.05) is 12.4 Å². The Morgan fingerprint density at radius 3 is 2.60 bits per heavy atom. The molecule has 0 saturated carbocycles. The Hall–Kier alpha value is -2.11. The van der Waals surface area contributed by atoms with Crippen molar-refractivity contribution in [3.63, 3.8) is 0 Å². The normalized spacial score (nSPS) is 9.47. The SMILES string of the molecule is COc1nc(C(=O)O)ccc1NC(C)=O. The molecule has 1 heterocycles. The van der Waals surface area contributed by atoms with E-state index in [1.807, 2.05) is 0 Å². The average Bonchev–Trinajstić information content (AvgIpc) is 2.17. The number of anilines is 1. The van der Waals surface area contributed by atoms with E-state index in [1.54, 1.807) is 0 Å². The van der Waals surface area contributed by atoms with Crippen LogP contribution < -0.4 is 10.1 Å². The van der Waals surface area contributed by atoms with Crippen molar-refractivity contribution in [2.24, 2.45) is 0 Å². The summed E-state index contributed by atoms with van der Waals surface area (Å²) in [6, 6.07) is 2.72. The summed E-state index contributed by atoms with van der Waals surface area (Å²) >= 11 is 0. The zero-order valence-electron chi connectivity index (χ0n) is 8.27. The molecule has 0 saturated heterocycles. The molecule has 80 valence electrons. The van der Waals surface area contributed by atoms with E-state index in [2.05, 4.69) is 10.3 Å². The van der Waals surface area contributed by atoms with Crippen molar-refractivity contribution in [2.45, 2.75) is 6.92 Å². The molecule has 1 amide bonds. The molecule has 0 fully saturated rings. The maximum Gasteiger partial charge on any atom is 0.354 e. The number of aromatic nitrogens is 1. The molecule has 0 aliphatic rings. The summed E-state index contributed by atoms with van der Waals surface area (Å²) in [6.45, 7) is 1.34. The van der Waals surface area contributed by atoms with Crippen molar-refractivity contribution in [3.8, 4) is 5.88 Å². The third kappa shape index (κ3) is 2.67. The number of carboxylic acid groups (broad SMARTS) is 1. The summed E-state index contributed by atoms with van der Waals surface area (Å²) < 4.78 is 4.85. The Morgan fingerprint density at radius 2 is 2.13 bits per heavy atom. The molecule has 0 spiro atoms. The first kappa shape index (κ1) is 11.0. The van der Waals surface area contributed by atoms with Gasteiger partial charge in [0.2, 0.25) is 11.8 Å². The van der Waals surface area contributed by atoms with Crippen LogP contribution in [0.2, 0.25) is 0 Å². The van der Waals surface area contributed by atoms with Gasteiger partial charge in [-0.05, 0) is 12.1 Å². The largest absolute Gasteiger partial charge is 0.479 e. The maximum absolute atomic E-state index is 10.8. The van der Waals surface area contributed by atoms with Crippen molar-refractivity contribution in [1.82, 2.24) is 4.98 Å². The minimum Gasteiger partial charge on any atom is -0.479 e. The topological polar surface area (TPSA) is 88.5 Å². The number of amides is 1. The van der Waals surface area contributed by atoms with Gasteiger partial charge in [0.25, 0.3) is 0 Å². The van der Waals surface area contributed by atoms with Crippen LogP contribution in [-0.4, -0.2) is 29.1 Å². The lowest BCUT2D eigenvalue weighted by molar-refractivity contribution is -0.114. The maximum atomic E-state index is 10.8. The number of methoxy groups -OCH3 is 1. The summed E-state index contributed by atoms with van der Waals surface area (Å²) in [5.41, 5.74) is 0.205. The van der Waals surface area contributed by atoms with Crippen LogP contribution in [0.5, 0.6) is 5.88 Å². The van der Waals surface area contributed by atoms with Gasteiger partial charge in [-0.15, -0.1) is 0 Å². The Bertz CT molecular complexity index is 403. The Labute approximate surface area is 85.9 Å². The molecule has 0 aromatic carbocycles. The van der Waals surface area contributed by atoms with E-state index < -0.39 is 5.97 Å². The molecule has 1 rings (SSSR count). The second-order valence-electron chi connectivity index (χ2n) is 2.74. The Morgan fingerprint density at radius 1 is 1.47 bits per heavy atom. The minimum atomic E-state index is -1.15. The number of nitrogens with one attached hydrogen (secondary N) is 1. The molecule has 6 nitrogen and oxygen atoms in total. The number of rotatable bonds is 3. The lowest BCUT2D eigenvalue weighted by Crippen LogP contribution is -2.09. The first-order valence-electron chi connectivity index (χ1n) is 4.10. The van der Waals surface area contributed by atoms with Crippen LogP contribution in [0.4, 0.5) is 5.69 Å². The van der Waals surface area contributed by atoms with E-state index in [9.17, 15) is 9.59 Å². The fraction of sp³-hybridized carbons (Fsp3) is 0.222. The summed E-state index contributed by atoms with van der Waals surface area (Å²) in [4.78, 5) is 25.1. The second-order valence-corrected chi connectivity index (χ2v) is 2.74. The number of hydrogen-bond donors (Lipinski definition) is 2. The number of ether oxygens (including phenoxy) is 1. The standard InChI is InChI=1S/C9H10N2O4/c1-5(12)10-6-3-4-7(9(13)14)11-8(6)15-2/h3-4H,1-2H3,(H,10,12)(H,13,14). The van der Waals surface area contributed by atoms with Crippen LogP contribution in [0.3, 0.4) is 0 Å². The van der Waals surface area contributed by atoms with Gasteiger partial charge in [0, 0.05) is 6.92 Å². The van der Waals surface area contributed by atoms with E-state index in [4.69, 9.17) is 9.84 Å². The molecule has 0 unspecified atom stereocenters. The molecule has 2 N–H and O–H groups in total. The van der Waals surface area contributed by atoms with Crippen molar-refractivity contribution in [3.05, 3.63) is 17.8 Å². The van der Waals surface area contributed by atoms with Crippen LogP contribution >= 0.6 is 0 Å². The predicted octanol–water partition coefficient (Wildman–Crippen LogP) is 0.747. The number of carboxylic acids is 1. The van der Waals surface area contributed by atoms with Crippen LogP contribution in [0, 0.1) is 0 Å². The molecule has 0 radical (unpaired) electrons. The van der Waals surface area contributed by atoms with E-state index >= 15 is 0 Å². The molecule has 15 heavy (non-hydrogen) atoms. The van der Waals surface area contributed by atoms with Crippen LogP contribution in [0.1, 0.15) is 17.4 Å². The number of pyridine rings is 1.